The predicted octanol–water partition coefficient (Wildman–Crippen LogP) is 1.86. The Morgan fingerprint density at radius 2 is 1.94 bits per heavy atom. The Balaban J connectivity index is 2.36. The zero-order chi connectivity index (χ0) is 12.8. The van der Waals surface area contributed by atoms with Crippen molar-refractivity contribution >= 4 is 22.7 Å². The Morgan fingerprint density at radius 1 is 1.11 bits per heavy atom. The van der Waals surface area contributed by atoms with E-state index in [0.717, 1.165) is 29.7 Å². The van der Waals surface area contributed by atoms with Crippen molar-refractivity contribution in [3.8, 4) is 0 Å². The van der Waals surface area contributed by atoms with Gasteiger partial charge in [-0.3, -0.25) is 0 Å². The second kappa shape index (κ2) is 6.16. The van der Waals surface area contributed by atoms with E-state index in [1.54, 1.807) is 0 Å². The SMILES string of the molecule is CCCNc1nc(NCCO)nc2ccccc12. The Morgan fingerprint density at radius 3 is 2.72 bits per heavy atom. The van der Waals surface area contributed by atoms with Crippen LogP contribution in [0.25, 0.3) is 10.9 Å². The molecule has 1 aromatic heterocycles. The maximum absolute atomic E-state index is 8.82. The van der Waals surface area contributed by atoms with Gasteiger partial charge in [-0.1, -0.05) is 19.1 Å². The normalized spacial score (nSPS) is 10.6. The lowest BCUT2D eigenvalue weighted by Crippen LogP contribution is -2.11. The molecule has 0 amide bonds. The Labute approximate surface area is 106 Å². The average Bonchev–Trinajstić information content (AvgIpc) is 2.42. The molecule has 0 bridgehead atoms. The van der Waals surface area contributed by atoms with Crippen LogP contribution < -0.4 is 10.6 Å². The van der Waals surface area contributed by atoms with Crippen LogP contribution in [0.5, 0.6) is 0 Å². The number of hydrogen-bond donors (Lipinski definition) is 3. The number of aromatic nitrogens is 2. The molecule has 0 saturated carbocycles. The highest BCUT2D eigenvalue weighted by atomic mass is 16.3. The van der Waals surface area contributed by atoms with Gasteiger partial charge in [0, 0.05) is 18.5 Å². The fourth-order valence-electron chi connectivity index (χ4n) is 1.70. The minimum atomic E-state index is 0.0634. The molecule has 0 aliphatic rings. The van der Waals surface area contributed by atoms with Crippen molar-refractivity contribution in [3.05, 3.63) is 24.3 Å². The van der Waals surface area contributed by atoms with Crippen LogP contribution in [0.15, 0.2) is 24.3 Å². The van der Waals surface area contributed by atoms with E-state index in [0.29, 0.717) is 12.5 Å². The summed E-state index contributed by atoms with van der Waals surface area (Å²) in [5.41, 5.74) is 0.895. The summed E-state index contributed by atoms with van der Waals surface area (Å²) in [6, 6.07) is 7.89. The second-order valence-electron chi connectivity index (χ2n) is 3.99. The summed E-state index contributed by atoms with van der Waals surface area (Å²) in [5, 5.41) is 16.1. The topological polar surface area (TPSA) is 70.1 Å². The summed E-state index contributed by atoms with van der Waals surface area (Å²) in [7, 11) is 0. The molecule has 0 unspecified atom stereocenters. The van der Waals surface area contributed by atoms with Crippen LogP contribution in [-0.2, 0) is 0 Å². The number of benzene rings is 1. The highest BCUT2D eigenvalue weighted by Gasteiger charge is 2.06. The fraction of sp³-hybridized carbons (Fsp3) is 0.385. The first-order chi connectivity index (χ1) is 8.85. The minimum absolute atomic E-state index is 0.0634. The molecule has 0 saturated heterocycles. The van der Waals surface area contributed by atoms with E-state index in [9.17, 15) is 0 Å². The molecular formula is C13H18N4O. The monoisotopic (exact) mass is 246 g/mol. The summed E-state index contributed by atoms with van der Waals surface area (Å²) < 4.78 is 0. The average molecular weight is 246 g/mol. The molecule has 3 N–H and O–H groups in total. The predicted molar refractivity (Wildman–Crippen MR) is 73.9 cm³/mol. The van der Waals surface area contributed by atoms with Crippen molar-refractivity contribution in [2.75, 3.05) is 30.3 Å². The van der Waals surface area contributed by atoms with E-state index in [1.165, 1.54) is 0 Å². The lowest BCUT2D eigenvalue weighted by Gasteiger charge is -2.10. The van der Waals surface area contributed by atoms with Gasteiger partial charge in [0.25, 0.3) is 0 Å². The molecule has 2 aromatic rings. The fourth-order valence-corrected chi connectivity index (χ4v) is 1.70. The maximum Gasteiger partial charge on any atom is 0.225 e. The molecular weight excluding hydrogens is 228 g/mol. The molecule has 0 radical (unpaired) electrons. The van der Waals surface area contributed by atoms with E-state index < -0.39 is 0 Å². The molecule has 5 heteroatoms. The van der Waals surface area contributed by atoms with Crippen LogP contribution in [0.1, 0.15) is 13.3 Å². The minimum Gasteiger partial charge on any atom is -0.395 e. The van der Waals surface area contributed by atoms with Gasteiger partial charge in [0.15, 0.2) is 0 Å². The van der Waals surface area contributed by atoms with Crippen molar-refractivity contribution in [1.29, 1.82) is 0 Å². The molecule has 5 nitrogen and oxygen atoms in total. The highest BCUT2D eigenvalue weighted by Crippen LogP contribution is 2.21. The van der Waals surface area contributed by atoms with Crippen LogP contribution >= 0.6 is 0 Å². The Hall–Kier alpha value is -1.88. The Bertz CT molecular complexity index is 515. The first-order valence-corrected chi connectivity index (χ1v) is 6.20. The third-order valence-electron chi connectivity index (χ3n) is 2.54. The Kier molecular flexibility index (Phi) is 4.30. The largest absolute Gasteiger partial charge is 0.395 e. The smallest absolute Gasteiger partial charge is 0.225 e. The zero-order valence-corrected chi connectivity index (χ0v) is 10.5. The summed E-state index contributed by atoms with van der Waals surface area (Å²) in [5.74, 6) is 1.38. The lowest BCUT2D eigenvalue weighted by molar-refractivity contribution is 0.311. The van der Waals surface area contributed by atoms with Gasteiger partial charge in [-0.2, -0.15) is 4.98 Å². The van der Waals surface area contributed by atoms with Gasteiger partial charge in [0.05, 0.1) is 12.1 Å². The standard InChI is InChI=1S/C13H18N4O/c1-2-7-14-12-10-5-3-4-6-11(10)16-13(17-12)15-8-9-18/h3-6,18H,2,7-9H2,1H3,(H2,14,15,16,17). The summed E-state index contributed by atoms with van der Waals surface area (Å²) in [4.78, 5) is 8.84. The third-order valence-corrected chi connectivity index (χ3v) is 2.54. The number of nitrogens with one attached hydrogen (secondary N) is 2. The van der Waals surface area contributed by atoms with Crippen molar-refractivity contribution < 1.29 is 5.11 Å². The quantitative estimate of drug-likeness (QED) is 0.725. The lowest BCUT2D eigenvalue weighted by atomic mass is 10.2. The van der Waals surface area contributed by atoms with Gasteiger partial charge < -0.3 is 15.7 Å². The number of aliphatic hydroxyl groups excluding tert-OH is 1. The number of fused-ring (bicyclic) bond motifs is 1. The van der Waals surface area contributed by atoms with Gasteiger partial charge in [-0.15, -0.1) is 0 Å². The van der Waals surface area contributed by atoms with Gasteiger partial charge in [-0.05, 0) is 18.6 Å². The van der Waals surface area contributed by atoms with Crippen molar-refractivity contribution in [1.82, 2.24) is 9.97 Å². The number of para-hydroxylation sites is 1. The summed E-state index contributed by atoms with van der Waals surface area (Å²) in [6.07, 6.45) is 1.04. The van der Waals surface area contributed by atoms with Gasteiger partial charge in [-0.25, -0.2) is 4.98 Å². The second-order valence-corrected chi connectivity index (χ2v) is 3.99. The molecule has 0 fully saturated rings. The third kappa shape index (κ3) is 2.87. The highest BCUT2D eigenvalue weighted by molar-refractivity contribution is 5.89. The zero-order valence-electron chi connectivity index (χ0n) is 10.5. The van der Waals surface area contributed by atoms with E-state index in [4.69, 9.17) is 5.11 Å². The molecule has 18 heavy (non-hydrogen) atoms. The maximum atomic E-state index is 8.82. The number of aliphatic hydroxyl groups is 1. The van der Waals surface area contributed by atoms with Crippen molar-refractivity contribution in [3.63, 3.8) is 0 Å². The molecule has 0 spiro atoms. The molecule has 0 aliphatic heterocycles. The van der Waals surface area contributed by atoms with Crippen LogP contribution in [-0.4, -0.2) is 34.8 Å². The number of nitrogens with zero attached hydrogens (tertiary/aromatic N) is 2. The van der Waals surface area contributed by atoms with E-state index in [-0.39, 0.29) is 6.61 Å². The van der Waals surface area contributed by atoms with E-state index in [1.807, 2.05) is 24.3 Å². The van der Waals surface area contributed by atoms with Crippen LogP contribution in [0.4, 0.5) is 11.8 Å². The van der Waals surface area contributed by atoms with Crippen LogP contribution in [0.2, 0.25) is 0 Å². The van der Waals surface area contributed by atoms with Crippen molar-refractivity contribution in [2.45, 2.75) is 13.3 Å². The number of anilines is 2. The van der Waals surface area contributed by atoms with E-state index in [2.05, 4.69) is 27.5 Å². The van der Waals surface area contributed by atoms with Crippen molar-refractivity contribution in [2.24, 2.45) is 0 Å². The van der Waals surface area contributed by atoms with Gasteiger partial charge >= 0.3 is 0 Å². The molecule has 1 heterocycles. The first kappa shape index (κ1) is 12.6. The molecule has 0 atom stereocenters. The molecule has 2 rings (SSSR count). The number of rotatable bonds is 6. The summed E-state index contributed by atoms with van der Waals surface area (Å²) >= 11 is 0. The molecule has 1 aromatic carbocycles. The van der Waals surface area contributed by atoms with Gasteiger partial charge in [0.2, 0.25) is 5.95 Å². The molecule has 0 aliphatic carbocycles. The summed E-state index contributed by atoms with van der Waals surface area (Å²) in [6.45, 7) is 3.50. The van der Waals surface area contributed by atoms with E-state index >= 15 is 0 Å². The first-order valence-electron chi connectivity index (χ1n) is 6.20. The van der Waals surface area contributed by atoms with Crippen LogP contribution in [0.3, 0.4) is 0 Å². The van der Waals surface area contributed by atoms with Crippen LogP contribution in [0, 0.1) is 0 Å². The number of hydrogen-bond acceptors (Lipinski definition) is 5. The van der Waals surface area contributed by atoms with Gasteiger partial charge in [0.1, 0.15) is 5.82 Å². The molecule has 96 valence electrons.